The van der Waals surface area contributed by atoms with Gasteiger partial charge < -0.3 is 5.73 Å². The molecule has 0 aliphatic heterocycles. The lowest BCUT2D eigenvalue weighted by Crippen LogP contribution is -1.95. The molecule has 0 saturated carbocycles. The molecule has 0 saturated heterocycles. The normalized spacial score (nSPS) is 15.7. The maximum Gasteiger partial charge on any atom is 0.0355 e. The monoisotopic (exact) mass is 157 g/mol. The van der Waals surface area contributed by atoms with Crippen LogP contribution in [0.3, 0.4) is 0 Å². The summed E-state index contributed by atoms with van der Waals surface area (Å²) in [6, 6.07) is 7.99. The zero-order chi connectivity index (χ0) is 8.39. The molecule has 1 nitrogen and oxygen atoms in total. The van der Waals surface area contributed by atoms with Crippen LogP contribution in [-0.2, 0) is 0 Å². The van der Waals surface area contributed by atoms with Gasteiger partial charge in [0.1, 0.15) is 0 Å². The third kappa shape index (κ3) is 1.14. The fraction of sp³-hybridized carbons (Fsp3) is 0.0909. The van der Waals surface area contributed by atoms with E-state index >= 15 is 0 Å². The number of para-hydroxylation sites is 1. The summed E-state index contributed by atoms with van der Waals surface area (Å²) in [5, 5.41) is 0. The van der Waals surface area contributed by atoms with Gasteiger partial charge in [0, 0.05) is 11.6 Å². The Morgan fingerprint density at radius 1 is 1.00 bits per heavy atom. The lowest BCUT2D eigenvalue weighted by molar-refractivity contribution is 1.11. The third-order valence-electron chi connectivity index (χ3n) is 2.10. The highest BCUT2D eigenvalue weighted by Gasteiger charge is 2.08. The van der Waals surface area contributed by atoms with Crippen molar-refractivity contribution in [2.45, 2.75) is 5.92 Å². The highest BCUT2D eigenvalue weighted by molar-refractivity contribution is 5.52. The molecule has 0 radical (unpaired) electrons. The van der Waals surface area contributed by atoms with Gasteiger partial charge in [-0.15, -0.1) is 0 Å². The van der Waals surface area contributed by atoms with Gasteiger partial charge in [0.25, 0.3) is 0 Å². The summed E-state index contributed by atoms with van der Waals surface area (Å²) in [5.41, 5.74) is 7.90. The van der Waals surface area contributed by atoms with Gasteiger partial charge in [0.2, 0.25) is 0 Å². The zero-order valence-electron chi connectivity index (χ0n) is 6.77. The molecule has 2 rings (SSSR count). The largest absolute Gasteiger partial charge is 0.398 e. The van der Waals surface area contributed by atoms with Gasteiger partial charge >= 0.3 is 0 Å². The summed E-state index contributed by atoms with van der Waals surface area (Å²) < 4.78 is 0. The fourth-order valence-electron chi connectivity index (χ4n) is 1.45. The SMILES string of the molecule is Nc1ccccc1C1C=CC=C1. The van der Waals surface area contributed by atoms with Crippen LogP contribution in [0.15, 0.2) is 48.6 Å². The van der Waals surface area contributed by atoms with Crippen LogP contribution in [0.1, 0.15) is 11.5 Å². The molecule has 0 aromatic heterocycles. The lowest BCUT2D eigenvalue weighted by atomic mass is 9.99. The maximum atomic E-state index is 5.83. The highest BCUT2D eigenvalue weighted by Crippen LogP contribution is 2.26. The van der Waals surface area contributed by atoms with E-state index in [1.54, 1.807) is 0 Å². The minimum atomic E-state index is 0.381. The first-order chi connectivity index (χ1) is 5.88. The summed E-state index contributed by atoms with van der Waals surface area (Å²) in [6.45, 7) is 0. The van der Waals surface area contributed by atoms with E-state index in [0.717, 1.165) is 5.69 Å². The van der Waals surface area contributed by atoms with E-state index in [4.69, 9.17) is 5.73 Å². The van der Waals surface area contributed by atoms with E-state index in [1.165, 1.54) is 5.56 Å². The molecule has 0 amide bonds. The standard InChI is InChI=1S/C11H11N/c12-11-8-4-3-7-10(11)9-5-1-2-6-9/h1-9H,12H2. The van der Waals surface area contributed by atoms with E-state index in [0.29, 0.717) is 5.92 Å². The number of rotatable bonds is 1. The minimum absolute atomic E-state index is 0.381. The van der Waals surface area contributed by atoms with Gasteiger partial charge in [-0.1, -0.05) is 42.5 Å². The van der Waals surface area contributed by atoms with Crippen molar-refractivity contribution in [3.8, 4) is 0 Å². The van der Waals surface area contributed by atoms with E-state index in [1.807, 2.05) is 18.2 Å². The van der Waals surface area contributed by atoms with Crippen molar-refractivity contribution in [2.24, 2.45) is 0 Å². The molecule has 12 heavy (non-hydrogen) atoms. The van der Waals surface area contributed by atoms with Gasteiger partial charge in [-0.25, -0.2) is 0 Å². The molecule has 2 N–H and O–H groups in total. The Bertz CT molecular complexity index is 325. The van der Waals surface area contributed by atoms with Gasteiger partial charge in [-0.2, -0.15) is 0 Å². The predicted molar refractivity (Wildman–Crippen MR) is 51.9 cm³/mol. The first kappa shape index (κ1) is 7.17. The topological polar surface area (TPSA) is 26.0 Å². The maximum absolute atomic E-state index is 5.83. The van der Waals surface area contributed by atoms with Gasteiger partial charge in [-0.05, 0) is 11.6 Å². The van der Waals surface area contributed by atoms with Crippen LogP contribution in [-0.4, -0.2) is 0 Å². The molecular formula is C11H11N. The molecule has 0 spiro atoms. The summed E-state index contributed by atoms with van der Waals surface area (Å²) in [5.74, 6) is 0.381. The van der Waals surface area contributed by atoms with Crippen LogP contribution in [0.4, 0.5) is 5.69 Å². The Morgan fingerprint density at radius 2 is 1.67 bits per heavy atom. The molecule has 0 heterocycles. The molecule has 1 aliphatic carbocycles. The van der Waals surface area contributed by atoms with E-state index in [9.17, 15) is 0 Å². The van der Waals surface area contributed by atoms with Crippen molar-refractivity contribution in [2.75, 3.05) is 5.73 Å². The van der Waals surface area contributed by atoms with Crippen molar-refractivity contribution in [1.29, 1.82) is 0 Å². The van der Waals surface area contributed by atoms with Gasteiger partial charge in [-0.3, -0.25) is 0 Å². The lowest BCUT2D eigenvalue weighted by Gasteiger charge is -2.08. The number of anilines is 1. The molecule has 60 valence electrons. The number of benzene rings is 1. The van der Waals surface area contributed by atoms with Crippen molar-refractivity contribution < 1.29 is 0 Å². The Kier molecular flexibility index (Phi) is 1.71. The Morgan fingerprint density at radius 3 is 2.33 bits per heavy atom. The van der Waals surface area contributed by atoms with E-state index in [-0.39, 0.29) is 0 Å². The molecule has 1 heteroatoms. The molecule has 0 bridgehead atoms. The van der Waals surface area contributed by atoms with Crippen LogP contribution in [0.25, 0.3) is 0 Å². The number of hydrogen-bond donors (Lipinski definition) is 1. The second-order valence-corrected chi connectivity index (χ2v) is 2.92. The van der Waals surface area contributed by atoms with Crippen molar-refractivity contribution in [1.82, 2.24) is 0 Å². The smallest absolute Gasteiger partial charge is 0.0355 e. The summed E-state index contributed by atoms with van der Waals surface area (Å²) >= 11 is 0. The van der Waals surface area contributed by atoms with Gasteiger partial charge in [0.15, 0.2) is 0 Å². The van der Waals surface area contributed by atoms with Crippen LogP contribution < -0.4 is 5.73 Å². The minimum Gasteiger partial charge on any atom is -0.398 e. The van der Waals surface area contributed by atoms with Crippen LogP contribution in [0, 0.1) is 0 Å². The predicted octanol–water partition coefficient (Wildman–Crippen LogP) is 2.48. The molecule has 0 unspecified atom stereocenters. The van der Waals surface area contributed by atoms with E-state index in [2.05, 4.69) is 30.4 Å². The van der Waals surface area contributed by atoms with Gasteiger partial charge in [0.05, 0.1) is 0 Å². The summed E-state index contributed by atoms with van der Waals surface area (Å²) in [7, 11) is 0. The second-order valence-electron chi connectivity index (χ2n) is 2.92. The number of allylic oxidation sites excluding steroid dienone is 4. The quantitative estimate of drug-likeness (QED) is 0.623. The second kappa shape index (κ2) is 2.86. The molecule has 1 aliphatic rings. The molecule has 0 atom stereocenters. The van der Waals surface area contributed by atoms with Crippen LogP contribution in [0.5, 0.6) is 0 Å². The molecule has 0 fully saturated rings. The summed E-state index contributed by atoms with van der Waals surface area (Å²) in [6.07, 6.45) is 8.39. The Balaban J connectivity index is 2.39. The zero-order valence-corrected chi connectivity index (χ0v) is 6.77. The van der Waals surface area contributed by atoms with Crippen LogP contribution >= 0.6 is 0 Å². The molecule has 1 aromatic rings. The van der Waals surface area contributed by atoms with Crippen LogP contribution in [0.2, 0.25) is 0 Å². The average Bonchev–Trinajstić information content (AvgIpc) is 2.57. The average molecular weight is 157 g/mol. The fourth-order valence-corrected chi connectivity index (χ4v) is 1.45. The van der Waals surface area contributed by atoms with Crippen molar-refractivity contribution >= 4 is 5.69 Å². The Hall–Kier alpha value is -1.50. The summed E-state index contributed by atoms with van der Waals surface area (Å²) in [4.78, 5) is 0. The first-order valence-electron chi connectivity index (χ1n) is 4.07. The Labute approximate surface area is 72.2 Å². The molecular weight excluding hydrogens is 146 g/mol. The van der Waals surface area contributed by atoms with Crippen molar-refractivity contribution in [3.63, 3.8) is 0 Å². The third-order valence-corrected chi connectivity index (χ3v) is 2.10. The van der Waals surface area contributed by atoms with E-state index < -0.39 is 0 Å². The number of nitrogens with two attached hydrogens (primary N) is 1. The number of hydrogen-bond acceptors (Lipinski definition) is 1. The first-order valence-corrected chi connectivity index (χ1v) is 4.07. The number of nitrogen functional groups attached to an aromatic ring is 1. The highest BCUT2D eigenvalue weighted by atomic mass is 14.6. The van der Waals surface area contributed by atoms with Crippen molar-refractivity contribution in [3.05, 3.63) is 54.1 Å². The molecule has 1 aromatic carbocycles.